The summed E-state index contributed by atoms with van der Waals surface area (Å²) >= 11 is 3.19. The van der Waals surface area contributed by atoms with E-state index in [1.54, 1.807) is 24.3 Å². The minimum Gasteiger partial charge on any atom is -0.497 e. The number of rotatable bonds is 3. The quantitative estimate of drug-likeness (QED) is 0.873. The zero-order valence-electron chi connectivity index (χ0n) is 9.92. The lowest BCUT2D eigenvalue weighted by Crippen LogP contribution is -1.97. The highest BCUT2D eigenvalue weighted by Crippen LogP contribution is 2.26. The van der Waals surface area contributed by atoms with Crippen LogP contribution < -0.4 is 15.2 Å². The molecule has 2 rings (SSSR count). The van der Waals surface area contributed by atoms with Gasteiger partial charge in [-0.25, -0.2) is 0 Å². The second-order valence-electron chi connectivity index (χ2n) is 3.51. The first-order chi connectivity index (χ1) is 9.10. The highest BCUT2D eigenvalue weighted by atomic mass is 79.9. The lowest BCUT2D eigenvalue weighted by atomic mass is 10.2. The summed E-state index contributed by atoms with van der Waals surface area (Å²) in [5, 5.41) is 8.92. The van der Waals surface area contributed by atoms with Crippen molar-refractivity contribution in [2.75, 3.05) is 12.8 Å². The SMILES string of the molecule is COc1cc(C#N)cc(Oc2nc(N)cc(Br)n2)c1. The minimum absolute atomic E-state index is 0.0871. The van der Waals surface area contributed by atoms with E-state index in [0.717, 1.165) is 0 Å². The highest BCUT2D eigenvalue weighted by molar-refractivity contribution is 9.10. The van der Waals surface area contributed by atoms with Crippen LogP contribution >= 0.6 is 15.9 Å². The largest absolute Gasteiger partial charge is 0.497 e. The maximum Gasteiger partial charge on any atom is 0.325 e. The van der Waals surface area contributed by atoms with Gasteiger partial charge in [-0.15, -0.1) is 0 Å². The fraction of sp³-hybridized carbons (Fsp3) is 0.0833. The molecule has 2 aromatic rings. The van der Waals surface area contributed by atoms with Crippen molar-refractivity contribution in [3.05, 3.63) is 34.4 Å². The van der Waals surface area contributed by atoms with Crippen molar-refractivity contribution in [1.82, 2.24) is 9.97 Å². The molecule has 0 unspecified atom stereocenters. The molecule has 1 heterocycles. The van der Waals surface area contributed by atoms with E-state index in [9.17, 15) is 0 Å². The van der Waals surface area contributed by atoms with Crippen LogP contribution in [0.25, 0.3) is 0 Å². The summed E-state index contributed by atoms with van der Waals surface area (Å²) in [4.78, 5) is 7.95. The van der Waals surface area contributed by atoms with Crippen LogP contribution in [0.5, 0.6) is 17.5 Å². The summed E-state index contributed by atoms with van der Waals surface area (Å²) < 4.78 is 11.1. The Bertz CT molecular complexity index is 634. The predicted molar refractivity (Wildman–Crippen MR) is 71.9 cm³/mol. The number of halogens is 1. The predicted octanol–water partition coefficient (Wildman–Crippen LogP) is 2.49. The van der Waals surface area contributed by atoms with Gasteiger partial charge in [-0.1, -0.05) is 0 Å². The van der Waals surface area contributed by atoms with Crippen LogP contribution in [0.2, 0.25) is 0 Å². The Morgan fingerprint density at radius 1 is 1.21 bits per heavy atom. The first kappa shape index (κ1) is 13.1. The maximum absolute atomic E-state index is 8.92. The molecule has 0 atom stereocenters. The number of benzene rings is 1. The summed E-state index contributed by atoms with van der Waals surface area (Å²) in [6, 6.07) is 8.44. The first-order valence-corrected chi connectivity index (χ1v) is 5.97. The second-order valence-corrected chi connectivity index (χ2v) is 4.32. The summed E-state index contributed by atoms with van der Waals surface area (Å²) in [6.45, 7) is 0. The molecule has 0 saturated heterocycles. The Morgan fingerprint density at radius 2 is 1.95 bits per heavy atom. The Balaban J connectivity index is 2.35. The normalized spacial score (nSPS) is 9.74. The Hall–Kier alpha value is -2.33. The van der Waals surface area contributed by atoms with E-state index < -0.39 is 0 Å². The van der Waals surface area contributed by atoms with Gasteiger partial charge in [-0.3, -0.25) is 0 Å². The van der Waals surface area contributed by atoms with E-state index in [0.29, 0.717) is 21.7 Å². The zero-order valence-corrected chi connectivity index (χ0v) is 11.5. The van der Waals surface area contributed by atoms with Crippen LogP contribution in [0.4, 0.5) is 5.82 Å². The molecule has 1 aromatic heterocycles. The number of nitrogens with two attached hydrogens (primary N) is 1. The Labute approximate surface area is 117 Å². The van der Waals surface area contributed by atoms with Gasteiger partial charge in [-0.2, -0.15) is 15.2 Å². The lowest BCUT2D eigenvalue weighted by molar-refractivity contribution is 0.404. The minimum atomic E-state index is 0.0871. The van der Waals surface area contributed by atoms with Gasteiger partial charge in [0, 0.05) is 12.1 Å². The van der Waals surface area contributed by atoms with E-state index in [-0.39, 0.29) is 11.8 Å². The molecule has 0 fully saturated rings. The molecule has 0 aliphatic rings. The van der Waals surface area contributed by atoms with Crippen molar-refractivity contribution in [3.63, 3.8) is 0 Å². The zero-order chi connectivity index (χ0) is 13.8. The molecule has 0 aliphatic carbocycles. The van der Waals surface area contributed by atoms with Gasteiger partial charge < -0.3 is 15.2 Å². The van der Waals surface area contributed by atoms with Crippen LogP contribution in [0.1, 0.15) is 5.56 Å². The van der Waals surface area contributed by atoms with Gasteiger partial charge >= 0.3 is 6.01 Å². The van der Waals surface area contributed by atoms with E-state index in [1.807, 2.05) is 6.07 Å². The van der Waals surface area contributed by atoms with Gasteiger partial charge in [0.15, 0.2) is 0 Å². The molecule has 0 spiro atoms. The third-order valence-electron chi connectivity index (χ3n) is 2.15. The molecule has 7 heteroatoms. The molecule has 0 saturated carbocycles. The van der Waals surface area contributed by atoms with Crippen molar-refractivity contribution in [1.29, 1.82) is 5.26 Å². The Morgan fingerprint density at radius 3 is 2.58 bits per heavy atom. The number of nitriles is 1. The number of nitrogens with zero attached hydrogens (tertiary/aromatic N) is 3. The molecular formula is C12H9BrN4O2. The van der Waals surface area contributed by atoms with Crippen molar-refractivity contribution < 1.29 is 9.47 Å². The van der Waals surface area contributed by atoms with Crippen molar-refractivity contribution in [2.24, 2.45) is 0 Å². The first-order valence-electron chi connectivity index (χ1n) is 5.18. The summed E-state index contributed by atoms with van der Waals surface area (Å²) in [7, 11) is 1.51. The van der Waals surface area contributed by atoms with E-state index in [2.05, 4.69) is 25.9 Å². The van der Waals surface area contributed by atoms with E-state index in [4.69, 9.17) is 20.5 Å². The molecular weight excluding hydrogens is 312 g/mol. The number of aromatic nitrogens is 2. The molecule has 0 amide bonds. The third kappa shape index (κ3) is 3.33. The summed E-state index contributed by atoms with van der Waals surface area (Å²) in [6.07, 6.45) is 0. The third-order valence-corrected chi connectivity index (χ3v) is 2.55. The maximum atomic E-state index is 8.92. The van der Waals surface area contributed by atoms with Crippen molar-refractivity contribution >= 4 is 21.7 Å². The standard InChI is InChI=1S/C12H9BrN4O2/c1-18-8-2-7(6-14)3-9(4-8)19-12-16-10(13)5-11(15)17-12/h2-5H,1H3,(H2,15,16,17). The number of hydrogen-bond donors (Lipinski definition) is 1. The van der Waals surface area contributed by atoms with Gasteiger partial charge in [0.05, 0.1) is 18.7 Å². The number of nitrogen functional groups attached to an aromatic ring is 1. The molecule has 2 N–H and O–H groups in total. The topological polar surface area (TPSA) is 94.0 Å². The number of ether oxygens (including phenoxy) is 2. The van der Waals surface area contributed by atoms with E-state index >= 15 is 0 Å². The molecule has 96 valence electrons. The molecule has 0 aliphatic heterocycles. The van der Waals surface area contributed by atoms with Gasteiger partial charge in [0.25, 0.3) is 0 Å². The van der Waals surface area contributed by atoms with Crippen LogP contribution in [-0.4, -0.2) is 17.1 Å². The van der Waals surface area contributed by atoms with Crippen LogP contribution in [0.15, 0.2) is 28.9 Å². The Kier molecular flexibility index (Phi) is 3.82. The average molecular weight is 321 g/mol. The average Bonchev–Trinajstić information content (AvgIpc) is 2.37. The smallest absolute Gasteiger partial charge is 0.325 e. The van der Waals surface area contributed by atoms with Gasteiger partial charge in [-0.05, 0) is 28.1 Å². The van der Waals surface area contributed by atoms with Crippen LogP contribution in [0.3, 0.4) is 0 Å². The highest BCUT2D eigenvalue weighted by Gasteiger charge is 2.07. The van der Waals surface area contributed by atoms with E-state index in [1.165, 1.54) is 7.11 Å². The number of hydrogen-bond acceptors (Lipinski definition) is 6. The van der Waals surface area contributed by atoms with Gasteiger partial charge in [0.1, 0.15) is 21.9 Å². The lowest BCUT2D eigenvalue weighted by Gasteiger charge is -2.07. The van der Waals surface area contributed by atoms with Gasteiger partial charge in [0.2, 0.25) is 0 Å². The van der Waals surface area contributed by atoms with Crippen LogP contribution in [0, 0.1) is 11.3 Å². The fourth-order valence-corrected chi connectivity index (χ4v) is 1.76. The monoisotopic (exact) mass is 320 g/mol. The summed E-state index contributed by atoms with van der Waals surface area (Å²) in [5.74, 6) is 1.19. The molecule has 19 heavy (non-hydrogen) atoms. The molecule has 1 aromatic carbocycles. The fourth-order valence-electron chi connectivity index (χ4n) is 1.38. The molecule has 6 nitrogen and oxygen atoms in total. The number of anilines is 1. The summed E-state index contributed by atoms with van der Waals surface area (Å²) in [5.41, 5.74) is 6.00. The van der Waals surface area contributed by atoms with Crippen molar-refractivity contribution in [3.8, 4) is 23.6 Å². The van der Waals surface area contributed by atoms with Crippen LogP contribution in [-0.2, 0) is 0 Å². The second kappa shape index (κ2) is 5.54. The van der Waals surface area contributed by atoms with Crippen molar-refractivity contribution in [2.45, 2.75) is 0 Å². The molecule has 0 radical (unpaired) electrons. The number of methoxy groups -OCH3 is 1. The molecule has 0 bridgehead atoms.